The van der Waals surface area contributed by atoms with Crippen LogP contribution in [0.2, 0.25) is 0 Å². The standard InChI is InChI=1S/C11H18N2O4/c1-8(14)17-9-11(5-3-4-6-11)7-12(2)10(15)13(9)16/h9,16H,3-7H2,1-2H3. The molecule has 1 unspecified atom stereocenters. The molecule has 17 heavy (non-hydrogen) atoms. The monoisotopic (exact) mass is 242 g/mol. The molecule has 2 fully saturated rings. The fourth-order valence-electron chi connectivity index (χ4n) is 2.97. The summed E-state index contributed by atoms with van der Waals surface area (Å²) in [6.45, 7) is 1.82. The predicted octanol–water partition coefficient (Wildman–Crippen LogP) is 1.19. The molecule has 1 saturated carbocycles. The summed E-state index contributed by atoms with van der Waals surface area (Å²) in [6.07, 6.45) is 2.95. The van der Waals surface area contributed by atoms with Crippen molar-refractivity contribution >= 4 is 12.0 Å². The SMILES string of the molecule is CC(=O)OC1N(O)C(=O)N(C)CC12CCCC2. The van der Waals surface area contributed by atoms with Crippen LogP contribution in [-0.2, 0) is 9.53 Å². The Hall–Kier alpha value is -1.30. The molecule has 1 spiro atoms. The van der Waals surface area contributed by atoms with E-state index in [1.165, 1.54) is 11.8 Å². The van der Waals surface area contributed by atoms with Crippen LogP contribution >= 0.6 is 0 Å². The quantitative estimate of drug-likeness (QED) is 0.554. The van der Waals surface area contributed by atoms with E-state index in [2.05, 4.69) is 0 Å². The fraction of sp³-hybridized carbons (Fsp3) is 0.818. The molecule has 2 amide bonds. The molecule has 1 aliphatic heterocycles. The number of hydrogen-bond acceptors (Lipinski definition) is 4. The molecule has 2 rings (SSSR count). The molecule has 0 aromatic rings. The molecule has 1 saturated heterocycles. The molecule has 1 heterocycles. The average Bonchev–Trinajstić information content (AvgIpc) is 2.71. The van der Waals surface area contributed by atoms with E-state index in [9.17, 15) is 14.8 Å². The Morgan fingerprint density at radius 1 is 1.47 bits per heavy atom. The van der Waals surface area contributed by atoms with Crippen LogP contribution < -0.4 is 0 Å². The van der Waals surface area contributed by atoms with Crippen molar-refractivity contribution in [2.75, 3.05) is 13.6 Å². The number of hydroxylamine groups is 2. The summed E-state index contributed by atoms with van der Waals surface area (Å²) in [6, 6.07) is -0.520. The minimum absolute atomic E-state index is 0.316. The van der Waals surface area contributed by atoms with Gasteiger partial charge in [0.15, 0.2) is 0 Å². The molecule has 96 valence electrons. The number of hydrogen-bond donors (Lipinski definition) is 1. The largest absolute Gasteiger partial charge is 0.439 e. The number of ether oxygens (including phenoxy) is 1. The lowest BCUT2D eigenvalue weighted by atomic mass is 9.82. The lowest BCUT2D eigenvalue weighted by Gasteiger charge is -2.47. The third-order valence-corrected chi connectivity index (χ3v) is 3.70. The minimum Gasteiger partial charge on any atom is -0.439 e. The van der Waals surface area contributed by atoms with Crippen molar-refractivity contribution in [1.29, 1.82) is 0 Å². The number of rotatable bonds is 1. The third kappa shape index (κ3) is 1.97. The summed E-state index contributed by atoms with van der Waals surface area (Å²) in [5.74, 6) is -0.474. The second-order valence-corrected chi connectivity index (χ2v) is 5.01. The lowest BCUT2D eigenvalue weighted by molar-refractivity contribution is -0.241. The number of amides is 2. The van der Waals surface area contributed by atoms with E-state index in [-0.39, 0.29) is 5.41 Å². The van der Waals surface area contributed by atoms with Gasteiger partial charge < -0.3 is 9.64 Å². The van der Waals surface area contributed by atoms with Crippen LogP contribution in [0.15, 0.2) is 0 Å². The maximum absolute atomic E-state index is 11.7. The Morgan fingerprint density at radius 2 is 2.06 bits per heavy atom. The van der Waals surface area contributed by atoms with Gasteiger partial charge in [0.05, 0.1) is 0 Å². The Bertz CT molecular complexity index is 338. The Balaban J connectivity index is 2.27. The molecule has 2 aliphatic rings. The number of carbonyl (C=O) groups is 2. The molecule has 1 aliphatic carbocycles. The lowest BCUT2D eigenvalue weighted by Crippen LogP contribution is -2.62. The topological polar surface area (TPSA) is 70.1 Å². The number of esters is 1. The molecule has 0 aromatic heterocycles. The zero-order chi connectivity index (χ0) is 12.6. The smallest absolute Gasteiger partial charge is 0.346 e. The van der Waals surface area contributed by atoms with Crippen molar-refractivity contribution in [3.8, 4) is 0 Å². The number of urea groups is 1. The zero-order valence-corrected chi connectivity index (χ0v) is 10.2. The van der Waals surface area contributed by atoms with Crippen LogP contribution in [0.1, 0.15) is 32.6 Å². The van der Waals surface area contributed by atoms with Crippen molar-refractivity contribution in [2.24, 2.45) is 5.41 Å². The maximum Gasteiger partial charge on any atom is 0.346 e. The predicted molar refractivity (Wildman–Crippen MR) is 58.1 cm³/mol. The van der Waals surface area contributed by atoms with Gasteiger partial charge in [-0.05, 0) is 12.8 Å². The van der Waals surface area contributed by atoms with Crippen LogP contribution in [-0.4, -0.2) is 47.0 Å². The van der Waals surface area contributed by atoms with Gasteiger partial charge in [0.25, 0.3) is 0 Å². The van der Waals surface area contributed by atoms with Gasteiger partial charge in [-0.2, -0.15) is 5.06 Å². The summed E-state index contributed by atoms with van der Waals surface area (Å²) in [5.41, 5.74) is -0.316. The number of nitrogens with zero attached hydrogens (tertiary/aromatic N) is 2. The average molecular weight is 242 g/mol. The fourth-order valence-corrected chi connectivity index (χ4v) is 2.97. The van der Waals surface area contributed by atoms with E-state index in [0.717, 1.165) is 25.7 Å². The van der Waals surface area contributed by atoms with Gasteiger partial charge in [-0.25, -0.2) is 4.79 Å². The molecular weight excluding hydrogens is 224 g/mol. The Labute approximate surface area is 100 Å². The second kappa shape index (κ2) is 4.18. The first-order chi connectivity index (χ1) is 7.96. The Morgan fingerprint density at radius 3 is 2.59 bits per heavy atom. The first-order valence-electron chi connectivity index (χ1n) is 5.87. The van der Waals surface area contributed by atoms with Gasteiger partial charge in [-0.15, -0.1) is 0 Å². The Kier molecular flexibility index (Phi) is 2.99. The van der Waals surface area contributed by atoms with E-state index >= 15 is 0 Å². The molecular formula is C11H18N2O4. The van der Waals surface area contributed by atoms with Crippen LogP contribution in [0.5, 0.6) is 0 Å². The van der Waals surface area contributed by atoms with Crippen molar-refractivity contribution in [1.82, 2.24) is 9.96 Å². The van der Waals surface area contributed by atoms with Gasteiger partial charge in [0.2, 0.25) is 6.23 Å². The molecule has 6 heteroatoms. The molecule has 0 aromatic carbocycles. The van der Waals surface area contributed by atoms with Crippen molar-refractivity contribution < 1.29 is 19.5 Å². The van der Waals surface area contributed by atoms with E-state index in [4.69, 9.17) is 4.74 Å². The van der Waals surface area contributed by atoms with Crippen molar-refractivity contribution in [2.45, 2.75) is 38.8 Å². The minimum atomic E-state index is -0.841. The van der Waals surface area contributed by atoms with Gasteiger partial charge in [-0.3, -0.25) is 10.0 Å². The number of carbonyl (C=O) groups excluding carboxylic acids is 2. The summed E-state index contributed by atoms with van der Waals surface area (Å²) in [4.78, 5) is 24.2. The third-order valence-electron chi connectivity index (χ3n) is 3.70. The van der Waals surface area contributed by atoms with Crippen LogP contribution in [0.25, 0.3) is 0 Å². The van der Waals surface area contributed by atoms with Gasteiger partial charge in [0, 0.05) is 25.9 Å². The van der Waals surface area contributed by atoms with Gasteiger partial charge in [-0.1, -0.05) is 12.8 Å². The molecule has 1 N–H and O–H groups in total. The first kappa shape index (κ1) is 12.2. The van der Waals surface area contributed by atoms with Crippen molar-refractivity contribution in [3.05, 3.63) is 0 Å². The maximum atomic E-state index is 11.7. The summed E-state index contributed by atoms with van der Waals surface area (Å²) in [5, 5.41) is 10.4. The van der Waals surface area contributed by atoms with E-state index in [0.29, 0.717) is 11.6 Å². The van der Waals surface area contributed by atoms with Crippen LogP contribution in [0, 0.1) is 5.41 Å². The first-order valence-corrected chi connectivity index (χ1v) is 5.87. The summed E-state index contributed by atoms with van der Waals surface area (Å²) < 4.78 is 5.15. The highest BCUT2D eigenvalue weighted by Gasteiger charge is 2.53. The molecule has 0 radical (unpaired) electrons. The summed E-state index contributed by atoms with van der Waals surface area (Å²) in [7, 11) is 1.65. The molecule has 1 atom stereocenters. The molecule has 6 nitrogen and oxygen atoms in total. The second-order valence-electron chi connectivity index (χ2n) is 5.01. The summed E-state index contributed by atoms with van der Waals surface area (Å²) >= 11 is 0. The van der Waals surface area contributed by atoms with Gasteiger partial charge >= 0.3 is 12.0 Å². The molecule has 0 bridgehead atoms. The van der Waals surface area contributed by atoms with Crippen molar-refractivity contribution in [3.63, 3.8) is 0 Å². The zero-order valence-electron chi connectivity index (χ0n) is 10.2. The normalized spacial score (nSPS) is 27.7. The van der Waals surface area contributed by atoms with E-state index in [1.54, 1.807) is 7.05 Å². The van der Waals surface area contributed by atoms with Crippen LogP contribution in [0.3, 0.4) is 0 Å². The van der Waals surface area contributed by atoms with Gasteiger partial charge in [0.1, 0.15) is 0 Å². The van der Waals surface area contributed by atoms with Crippen LogP contribution in [0.4, 0.5) is 4.79 Å². The highest BCUT2D eigenvalue weighted by Crippen LogP contribution is 2.46. The highest BCUT2D eigenvalue weighted by atomic mass is 16.6. The highest BCUT2D eigenvalue weighted by molar-refractivity contribution is 5.75. The van der Waals surface area contributed by atoms with E-state index < -0.39 is 18.2 Å². The van der Waals surface area contributed by atoms with E-state index in [1.807, 2.05) is 0 Å².